The Bertz CT molecular complexity index is 371. The van der Waals surface area contributed by atoms with Gasteiger partial charge in [-0.25, -0.2) is 0 Å². The summed E-state index contributed by atoms with van der Waals surface area (Å²) in [4.78, 5) is 0. The van der Waals surface area contributed by atoms with Gasteiger partial charge in [-0.05, 0) is 29.9 Å². The molecule has 3 unspecified atom stereocenters. The van der Waals surface area contributed by atoms with Gasteiger partial charge in [0.05, 0.1) is 12.7 Å². The molecule has 1 aromatic rings. The fraction of sp³-hybridized carbons (Fsp3) is 0.625. The molecule has 3 nitrogen and oxygen atoms in total. The third-order valence-electron chi connectivity index (χ3n) is 4.07. The molecule has 3 N–H and O–H groups in total. The molecule has 0 spiro atoms. The number of hydrogen-bond acceptors (Lipinski definition) is 3. The first-order valence-electron chi connectivity index (χ1n) is 7.38. The van der Waals surface area contributed by atoms with Gasteiger partial charge in [0.15, 0.2) is 0 Å². The summed E-state index contributed by atoms with van der Waals surface area (Å²) in [5.74, 6) is 0.621. The van der Waals surface area contributed by atoms with Crippen LogP contribution in [0, 0.1) is 0 Å². The quantitative estimate of drug-likeness (QED) is 0.857. The Kier molecular flexibility index (Phi) is 5.37. The third kappa shape index (κ3) is 4.03. The molecule has 0 radical (unpaired) electrons. The maximum absolute atomic E-state index is 6.28. The maximum atomic E-state index is 6.28. The van der Waals surface area contributed by atoms with Gasteiger partial charge < -0.3 is 15.8 Å². The minimum Gasteiger partial charge on any atom is -0.376 e. The number of morpholine rings is 1. The van der Waals surface area contributed by atoms with Crippen molar-refractivity contribution in [3.63, 3.8) is 0 Å². The Morgan fingerprint density at radius 3 is 2.58 bits per heavy atom. The van der Waals surface area contributed by atoms with Crippen LogP contribution < -0.4 is 11.1 Å². The molecule has 3 atom stereocenters. The van der Waals surface area contributed by atoms with Crippen molar-refractivity contribution in [3.05, 3.63) is 35.4 Å². The van der Waals surface area contributed by atoms with Gasteiger partial charge in [0.1, 0.15) is 0 Å². The Morgan fingerprint density at radius 2 is 2.00 bits per heavy atom. The van der Waals surface area contributed by atoms with Gasteiger partial charge in [0, 0.05) is 19.1 Å². The van der Waals surface area contributed by atoms with Gasteiger partial charge in [-0.1, -0.05) is 38.1 Å². The van der Waals surface area contributed by atoms with Crippen LogP contribution in [0.4, 0.5) is 0 Å². The standard InChI is InChI=1S/C16H26N2O/c1-3-12(2)13-4-6-14(7-5-13)16(17)10-15-11-18-8-9-19-15/h4-7,12,15-16,18H,3,8-11,17H2,1-2H3. The van der Waals surface area contributed by atoms with Crippen LogP contribution in [0.2, 0.25) is 0 Å². The van der Waals surface area contributed by atoms with E-state index in [2.05, 4.69) is 43.4 Å². The van der Waals surface area contributed by atoms with Gasteiger partial charge in [0.25, 0.3) is 0 Å². The average molecular weight is 262 g/mol. The normalized spacial score (nSPS) is 23.0. The fourth-order valence-corrected chi connectivity index (χ4v) is 2.50. The van der Waals surface area contributed by atoms with Crippen molar-refractivity contribution in [2.75, 3.05) is 19.7 Å². The van der Waals surface area contributed by atoms with Crippen molar-refractivity contribution in [1.29, 1.82) is 0 Å². The van der Waals surface area contributed by atoms with E-state index >= 15 is 0 Å². The summed E-state index contributed by atoms with van der Waals surface area (Å²) in [6.07, 6.45) is 2.31. The van der Waals surface area contributed by atoms with E-state index < -0.39 is 0 Å². The van der Waals surface area contributed by atoms with Crippen LogP contribution >= 0.6 is 0 Å². The van der Waals surface area contributed by atoms with E-state index in [1.165, 1.54) is 17.5 Å². The Balaban J connectivity index is 1.93. The zero-order valence-corrected chi connectivity index (χ0v) is 12.1. The summed E-state index contributed by atoms with van der Waals surface area (Å²) in [5, 5.41) is 3.34. The highest BCUT2D eigenvalue weighted by atomic mass is 16.5. The monoisotopic (exact) mass is 262 g/mol. The van der Waals surface area contributed by atoms with E-state index in [9.17, 15) is 0 Å². The topological polar surface area (TPSA) is 47.3 Å². The molecule has 1 aliphatic rings. The van der Waals surface area contributed by atoms with Crippen LogP contribution in [0.5, 0.6) is 0 Å². The zero-order valence-electron chi connectivity index (χ0n) is 12.1. The number of nitrogens with one attached hydrogen (secondary N) is 1. The largest absolute Gasteiger partial charge is 0.376 e. The van der Waals surface area contributed by atoms with Gasteiger partial charge in [-0.2, -0.15) is 0 Å². The van der Waals surface area contributed by atoms with Gasteiger partial charge in [-0.3, -0.25) is 0 Å². The van der Waals surface area contributed by atoms with Crippen molar-refractivity contribution in [3.8, 4) is 0 Å². The van der Waals surface area contributed by atoms with E-state index in [1.807, 2.05) is 0 Å². The molecule has 1 heterocycles. The second-order valence-corrected chi connectivity index (χ2v) is 5.52. The lowest BCUT2D eigenvalue weighted by molar-refractivity contribution is 0.0195. The smallest absolute Gasteiger partial charge is 0.0718 e. The average Bonchev–Trinajstić information content (AvgIpc) is 2.47. The van der Waals surface area contributed by atoms with Crippen LogP contribution in [0.25, 0.3) is 0 Å². The summed E-state index contributed by atoms with van der Waals surface area (Å²) >= 11 is 0. The lowest BCUT2D eigenvalue weighted by Gasteiger charge is -2.26. The minimum absolute atomic E-state index is 0.0656. The molecule has 1 aliphatic heterocycles. The number of rotatable bonds is 5. The lowest BCUT2D eigenvalue weighted by Crippen LogP contribution is -2.40. The molecule has 0 aliphatic carbocycles. The molecule has 0 bridgehead atoms. The van der Waals surface area contributed by atoms with Gasteiger partial charge in [-0.15, -0.1) is 0 Å². The van der Waals surface area contributed by atoms with E-state index in [4.69, 9.17) is 10.5 Å². The fourth-order valence-electron chi connectivity index (χ4n) is 2.50. The molecule has 19 heavy (non-hydrogen) atoms. The van der Waals surface area contributed by atoms with Gasteiger partial charge >= 0.3 is 0 Å². The highest BCUT2D eigenvalue weighted by Gasteiger charge is 2.18. The van der Waals surface area contributed by atoms with Crippen molar-refractivity contribution in [2.24, 2.45) is 5.73 Å². The molecule has 0 aromatic heterocycles. The van der Waals surface area contributed by atoms with Crippen LogP contribution in [0.15, 0.2) is 24.3 Å². The molecule has 2 rings (SSSR count). The lowest BCUT2D eigenvalue weighted by atomic mass is 9.94. The summed E-state index contributed by atoms with van der Waals surface area (Å²) in [6.45, 7) is 7.15. The first-order valence-corrected chi connectivity index (χ1v) is 7.38. The van der Waals surface area contributed by atoms with E-state index in [1.54, 1.807) is 0 Å². The summed E-state index contributed by atoms with van der Waals surface area (Å²) in [6, 6.07) is 8.83. The Hall–Kier alpha value is -0.900. The van der Waals surface area contributed by atoms with E-state index in [0.29, 0.717) is 5.92 Å². The summed E-state index contributed by atoms with van der Waals surface area (Å²) in [5.41, 5.74) is 8.88. The van der Waals surface area contributed by atoms with Crippen molar-refractivity contribution in [2.45, 2.75) is 44.8 Å². The summed E-state index contributed by atoms with van der Waals surface area (Å²) < 4.78 is 5.71. The van der Waals surface area contributed by atoms with Crippen molar-refractivity contribution >= 4 is 0 Å². The molecule has 0 saturated carbocycles. The maximum Gasteiger partial charge on any atom is 0.0718 e. The van der Waals surface area contributed by atoms with Crippen LogP contribution in [-0.4, -0.2) is 25.8 Å². The van der Waals surface area contributed by atoms with E-state index in [0.717, 1.165) is 26.1 Å². The predicted octanol–water partition coefficient (Wildman–Crippen LogP) is 2.58. The highest BCUT2D eigenvalue weighted by molar-refractivity contribution is 5.27. The predicted molar refractivity (Wildman–Crippen MR) is 79.3 cm³/mol. The second-order valence-electron chi connectivity index (χ2n) is 5.52. The SMILES string of the molecule is CCC(C)c1ccc(C(N)CC2CNCCO2)cc1. The molecule has 106 valence electrons. The second kappa shape index (κ2) is 7.04. The Labute approximate surface area is 116 Å². The molecule has 1 fully saturated rings. The first-order chi connectivity index (χ1) is 9.20. The molecule has 1 aromatic carbocycles. The number of hydrogen-bond donors (Lipinski definition) is 2. The van der Waals surface area contributed by atoms with Crippen LogP contribution in [0.1, 0.15) is 49.8 Å². The van der Waals surface area contributed by atoms with Crippen molar-refractivity contribution in [1.82, 2.24) is 5.32 Å². The number of ether oxygens (including phenoxy) is 1. The highest BCUT2D eigenvalue weighted by Crippen LogP contribution is 2.23. The molecular formula is C16H26N2O. The zero-order chi connectivity index (χ0) is 13.7. The number of benzene rings is 1. The van der Waals surface area contributed by atoms with Gasteiger partial charge in [0.2, 0.25) is 0 Å². The van der Waals surface area contributed by atoms with E-state index in [-0.39, 0.29) is 12.1 Å². The number of nitrogens with two attached hydrogens (primary N) is 1. The molecule has 3 heteroatoms. The van der Waals surface area contributed by atoms with Crippen molar-refractivity contribution < 1.29 is 4.74 Å². The minimum atomic E-state index is 0.0656. The third-order valence-corrected chi connectivity index (χ3v) is 4.07. The Morgan fingerprint density at radius 1 is 1.32 bits per heavy atom. The first kappa shape index (κ1) is 14.5. The molecular weight excluding hydrogens is 236 g/mol. The molecule has 0 amide bonds. The van der Waals surface area contributed by atoms with Crippen LogP contribution in [0.3, 0.4) is 0 Å². The summed E-state index contributed by atoms with van der Waals surface area (Å²) in [7, 11) is 0. The van der Waals surface area contributed by atoms with Crippen LogP contribution in [-0.2, 0) is 4.74 Å². The molecule has 1 saturated heterocycles.